The van der Waals surface area contributed by atoms with Gasteiger partial charge in [0.1, 0.15) is 0 Å². The van der Waals surface area contributed by atoms with Gasteiger partial charge in [-0.3, -0.25) is 4.99 Å². The fourth-order valence-corrected chi connectivity index (χ4v) is 3.88. The highest BCUT2D eigenvalue weighted by atomic mass is 127. The monoisotopic (exact) mass is 450 g/mol. The number of hydrogen-bond donors (Lipinski definition) is 2. The zero-order valence-electron chi connectivity index (χ0n) is 13.7. The van der Waals surface area contributed by atoms with Crippen LogP contribution in [0.4, 0.5) is 5.00 Å². The first-order chi connectivity index (χ1) is 10.8. The average molecular weight is 450 g/mol. The van der Waals surface area contributed by atoms with E-state index in [2.05, 4.69) is 38.0 Å². The Bertz CT molecular complexity index is 468. The normalized spacial score (nSPS) is 22.7. The second-order valence-corrected chi connectivity index (χ2v) is 6.87. The standard InChI is InChI=1S/C16H26N4OS.HI/c1-17-16(18-12-14-4-2-10-21-14)19-13-6-8-20(9-7-13)15-5-3-11-22-15;/h3,5,11,13-14H,2,4,6-10,12H2,1H3,(H2,17,18,19);1H. The molecule has 2 aliphatic heterocycles. The number of aliphatic imine (C=N–C) groups is 1. The molecule has 23 heavy (non-hydrogen) atoms. The Morgan fingerprint density at radius 3 is 2.83 bits per heavy atom. The zero-order valence-corrected chi connectivity index (χ0v) is 16.8. The van der Waals surface area contributed by atoms with E-state index in [0.717, 1.165) is 51.5 Å². The average Bonchev–Trinajstić information content (AvgIpc) is 3.25. The van der Waals surface area contributed by atoms with Crippen molar-refractivity contribution >= 4 is 46.3 Å². The van der Waals surface area contributed by atoms with Crippen LogP contribution < -0.4 is 15.5 Å². The van der Waals surface area contributed by atoms with Gasteiger partial charge in [0.15, 0.2) is 5.96 Å². The third kappa shape index (κ3) is 5.49. The Balaban J connectivity index is 0.00000192. The van der Waals surface area contributed by atoms with Crippen molar-refractivity contribution in [2.24, 2.45) is 4.99 Å². The number of hydrogen-bond acceptors (Lipinski definition) is 4. The Morgan fingerprint density at radius 1 is 1.39 bits per heavy atom. The number of anilines is 1. The van der Waals surface area contributed by atoms with Gasteiger partial charge in [-0.25, -0.2) is 0 Å². The summed E-state index contributed by atoms with van der Waals surface area (Å²) >= 11 is 1.83. The zero-order chi connectivity index (χ0) is 15.2. The van der Waals surface area contributed by atoms with Gasteiger partial charge in [0.2, 0.25) is 0 Å². The lowest BCUT2D eigenvalue weighted by molar-refractivity contribution is 0.113. The van der Waals surface area contributed by atoms with Crippen molar-refractivity contribution < 1.29 is 4.74 Å². The van der Waals surface area contributed by atoms with E-state index in [1.54, 1.807) is 0 Å². The van der Waals surface area contributed by atoms with Crippen molar-refractivity contribution in [2.45, 2.75) is 37.8 Å². The first-order valence-corrected chi connectivity index (χ1v) is 9.10. The van der Waals surface area contributed by atoms with Crippen LogP contribution >= 0.6 is 35.3 Å². The van der Waals surface area contributed by atoms with Gasteiger partial charge in [0, 0.05) is 39.3 Å². The molecule has 0 amide bonds. The van der Waals surface area contributed by atoms with Crippen molar-refractivity contribution in [2.75, 3.05) is 38.2 Å². The number of halogens is 1. The van der Waals surface area contributed by atoms with Crippen LogP contribution in [0.2, 0.25) is 0 Å². The Kier molecular flexibility index (Phi) is 7.91. The largest absolute Gasteiger partial charge is 0.376 e. The number of rotatable bonds is 4. The van der Waals surface area contributed by atoms with E-state index in [1.807, 2.05) is 18.4 Å². The summed E-state index contributed by atoms with van der Waals surface area (Å²) in [7, 11) is 1.84. The summed E-state index contributed by atoms with van der Waals surface area (Å²) in [5.74, 6) is 0.907. The molecule has 1 atom stereocenters. The molecule has 0 spiro atoms. The van der Waals surface area contributed by atoms with Gasteiger partial charge in [0.05, 0.1) is 11.1 Å². The highest BCUT2D eigenvalue weighted by Crippen LogP contribution is 2.24. The maximum atomic E-state index is 5.64. The molecule has 1 unspecified atom stereocenters. The number of ether oxygens (including phenoxy) is 1. The van der Waals surface area contributed by atoms with Crippen LogP contribution in [0.25, 0.3) is 0 Å². The molecule has 0 saturated carbocycles. The number of nitrogens with zero attached hydrogens (tertiary/aromatic N) is 2. The summed E-state index contributed by atoms with van der Waals surface area (Å²) in [5, 5.41) is 10.5. The van der Waals surface area contributed by atoms with Crippen molar-refractivity contribution in [3.8, 4) is 0 Å². The summed E-state index contributed by atoms with van der Waals surface area (Å²) < 4.78 is 5.64. The van der Waals surface area contributed by atoms with Crippen molar-refractivity contribution in [3.63, 3.8) is 0 Å². The van der Waals surface area contributed by atoms with Crippen LogP contribution in [0.15, 0.2) is 22.5 Å². The van der Waals surface area contributed by atoms with E-state index in [0.29, 0.717) is 12.1 Å². The minimum Gasteiger partial charge on any atom is -0.376 e. The SMILES string of the molecule is CN=C(NCC1CCCO1)NC1CCN(c2cccs2)CC1.I. The van der Waals surface area contributed by atoms with Gasteiger partial charge in [0.25, 0.3) is 0 Å². The lowest BCUT2D eigenvalue weighted by Gasteiger charge is -2.33. The highest BCUT2D eigenvalue weighted by molar-refractivity contribution is 14.0. The van der Waals surface area contributed by atoms with E-state index in [9.17, 15) is 0 Å². The molecule has 2 saturated heterocycles. The molecule has 0 aliphatic carbocycles. The third-order valence-corrected chi connectivity index (χ3v) is 5.33. The molecule has 2 fully saturated rings. The molecule has 7 heteroatoms. The van der Waals surface area contributed by atoms with E-state index >= 15 is 0 Å². The van der Waals surface area contributed by atoms with Gasteiger partial charge in [-0.2, -0.15) is 0 Å². The molecule has 1 aromatic rings. The first-order valence-electron chi connectivity index (χ1n) is 8.22. The first kappa shape index (κ1) is 18.8. The number of nitrogens with one attached hydrogen (secondary N) is 2. The third-order valence-electron chi connectivity index (χ3n) is 4.40. The summed E-state index contributed by atoms with van der Waals surface area (Å²) in [6.07, 6.45) is 4.99. The lowest BCUT2D eigenvalue weighted by Crippen LogP contribution is -2.49. The lowest BCUT2D eigenvalue weighted by atomic mass is 10.1. The molecule has 0 bridgehead atoms. The predicted octanol–water partition coefficient (Wildman–Crippen LogP) is 2.68. The molecule has 1 aromatic heterocycles. The van der Waals surface area contributed by atoms with Gasteiger partial charge in [-0.15, -0.1) is 35.3 Å². The Hall–Kier alpha value is -0.540. The van der Waals surface area contributed by atoms with Crippen LogP contribution in [0.5, 0.6) is 0 Å². The maximum Gasteiger partial charge on any atom is 0.191 e. The van der Waals surface area contributed by atoms with Gasteiger partial charge < -0.3 is 20.3 Å². The fourth-order valence-electron chi connectivity index (χ4n) is 3.10. The van der Waals surface area contributed by atoms with E-state index in [-0.39, 0.29) is 24.0 Å². The van der Waals surface area contributed by atoms with Crippen LogP contribution in [0.1, 0.15) is 25.7 Å². The summed E-state index contributed by atoms with van der Waals surface area (Å²) in [4.78, 5) is 6.82. The minimum absolute atomic E-state index is 0. The number of guanidine groups is 1. The van der Waals surface area contributed by atoms with Crippen molar-refractivity contribution in [1.82, 2.24) is 10.6 Å². The fraction of sp³-hybridized carbons (Fsp3) is 0.688. The van der Waals surface area contributed by atoms with Gasteiger partial charge >= 0.3 is 0 Å². The molecule has 0 radical (unpaired) electrons. The van der Waals surface area contributed by atoms with Crippen molar-refractivity contribution in [3.05, 3.63) is 17.5 Å². The molecule has 3 heterocycles. The summed E-state index contributed by atoms with van der Waals surface area (Å²) in [5.41, 5.74) is 0. The number of piperidine rings is 1. The van der Waals surface area contributed by atoms with Crippen molar-refractivity contribution in [1.29, 1.82) is 0 Å². The van der Waals surface area contributed by atoms with Crippen LogP contribution in [0.3, 0.4) is 0 Å². The van der Waals surface area contributed by atoms with Crippen LogP contribution in [-0.2, 0) is 4.74 Å². The maximum absolute atomic E-state index is 5.64. The molecule has 0 aromatic carbocycles. The Labute approximate surface area is 159 Å². The number of thiophene rings is 1. The molecular weight excluding hydrogens is 423 g/mol. The minimum atomic E-state index is 0. The van der Waals surface area contributed by atoms with Gasteiger partial charge in [-0.1, -0.05) is 0 Å². The Morgan fingerprint density at radius 2 is 2.22 bits per heavy atom. The molecule has 2 aliphatic rings. The molecule has 3 rings (SSSR count). The van der Waals surface area contributed by atoms with E-state index in [4.69, 9.17) is 4.74 Å². The molecule has 130 valence electrons. The highest BCUT2D eigenvalue weighted by Gasteiger charge is 2.21. The second kappa shape index (κ2) is 9.68. The van der Waals surface area contributed by atoms with Crippen LogP contribution in [-0.4, -0.2) is 51.4 Å². The quantitative estimate of drug-likeness (QED) is 0.421. The second-order valence-electron chi connectivity index (χ2n) is 5.95. The van der Waals surface area contributed by atoms with E-state index < -0.39 is 0 Å². The molecular formula is C16H27IN4OS. The molecule has 2 N–H and O–H groups in total. The predicted molar refractivity (Wildman–Crippen MR) is 108 cm³/mol. The van der Waals surface area contributed by atoms with Crippen LogP contribution in [0, 0.1) is 0 Å². The topological polar surface area (TPSA) is 48.9 Å². The smallest absolute Gasteiger partial charge is 0.191 e. The van der Waals surface area contributed by atoms with E-state index in [1.165, 1.54) is 11.4 Å². The summed E-state index contributed by atoms with van der Waals surface area (Å²) in [6, 6.07) is 4.84. The van der Waals surface area contributed by atoms with Gasteiger partial charge in [-0.05, 0) is 43.2 Å². The molecule has 5 nitrogen and oxygen atoms in total. The summed E-state index contributed by atoms with van der Waals surface area (Å²) in [6.45, 7) is 3.98.